The molecule has 21 heavy (non-hydrogen) atoms. The Morgan fingerprint density at radius 2 is 1.71 bits per heavy atom. The van der Waals surface area contributed by atoms with E-state index in [1.54, 1.807) is 13.8 Å². The molecule has 114 valence electrons. The predicted octanol–water partition coefficient (Wildman–Crippen LogP) is 1.67. The van der Waals surface area contributed by atoms with Crippen molar-refractivity contribution < 1.29 is 8.42 Å². The first-order valence-electron chi connectivity index (χ1n) is 6.89. The molecule has 1 unspecified atom stereocenters. The molecule has 0 saturated heterocycles. The Morgan fingerprint density at radius 3 is 2.33 bits per heavy atom. The van der Waals surface area contributed by atoms with Crippen LogP contribution in [0.25, 0.3) is 10.8 Å². The van der Waals surface area contributed by atoms with Crippen molar-refractivity contribution in [2.45, 2.75) is 25.9 Å². The Labute approximate surface area is 125 Å². The maximum atomic E-state index is 12.0. The lowest BCUT2D eigenvalue weighted by molar-refractivity contribution is 0.535. The van der Waals surface area contributed by atoms with Crippen molar-refractivity contribution >= 4 is 21.0 Å². The Kier molecular flexibility index (Phi) is 4.95. The summed E-state index contributed by atoms with van der Waals surface area (Å²) in [5.74, 6) is 0. The minimum Gasteiger partial charge on any atom is -0.329 e. The molecule has 0 spiro atoms. The predicted molar refractivity (Wildman–Crippen MR) is 86.1 cm³/mol. The topological polar surface area (TPSA) is 84.2 Å². The van der Waals surface area contributed by atoms with Gasteiger partial charge in [0.2, 0.25) is 0 Å². The lowest BCUT2D eigenvalue weighted by Crippen LogP contribution is -2.43. The molecule has 0 radical (unpaired) electrons. The molecule has 0 amide bonds. The summed E-state index contributed by atoms with van der Waals surface area (Å²) in [6, 6.07) is 13.1. The average Bonchev–Trinajstić information content (AvgIpc) is 2.43. The first kappa shape index (κ1) is 15.9. The summed E-state index contributed by atoms with van der Waals surface area (Å²) in [6.07, 6.45) is 0. The standard InChI is InChI=1S/C15H21N3O2S/c1-11(2)17-21(19,20)18-15(10-16)14-8-7-12-5-3-4-6-13(12)9-14/h3-9,11,15,17-18H,10,16H2,1-2H3. The molecule has 0 aliphatic heterocycles. The van der Waals surface area contributed by atoms with Gasteiger partial charge < -0.3 is 5.73 Å². The minimum atomic E-state index is -3.57. The molecule has 4 N–H and O–H groups in total. The van der Waals surface area contributed by atoms with Crippen LogP contribution in [0.1, 0.15) is 25.5 Å². The maximum absolute atomic E-state index is 12.0. The molecule has 5 nitrogen and oxygen atoms in total. The second kappa shape index (κ2) is 6.53. The Morgan fingerprint density at radius 1 is 1.05 bits per heavy atom. The third-order valence-corrected chi connectivity index (χ3v) is 4.48. The highest BCUT2D eigenvalue weighted by Crippen LogP contribution is 2.20. The number of rotatable bonds is 6. The molecule has 0 saturated carbocycles. The molecule has 0 fully saturated rings. The van der Waals surface area contributed by atoms with E-state index >= 15 is 0 Å². The molecule has 2 rings (SSSR count). The van der Waals surface area contributed by atoms with Gasteiger partial charge in [0, 0.05) is 12.6 Å². The van der Waals surface area contributed by atoms with Gasteiger partial charge in [-0.15, -0.1) is 0 Å². The molecule has 2 aromatic carbocycles. The smallest absolute Gasteiger partial charge is 0.277 e. The molecule has 0 bridgehead atoms. The first-order valence-corrected chi connectivity index (χ1v) is 8.38. The van der Waals surface area contributed by atoms with Gasteiger partial charge >= 0.3 is 0 Å². The molecule has 0 aliphatic rings. The number of hydrogen-bond donors (Lipinski definition) is 3. The van der Waals surface area contributed by atoms with E-state index in [1.165, 1.54) is 0 Å². The zero-order chi connectivity index (χ0) is 15.5. The second-order valence-corrected chi connectivity index (χ2v) is 6.77. The normalized spacial score (nSPS) is 13.7. The van der Waals surface area contributed by atoms with Gasteiger partial charge in [-0.05, 0) is 36.2 Å². The fraction of sp³-hybridized carbons (Fsp3) is 0.333. The van der Waals surface area contributed by atoms with Gasteiger partial charge in [0.05, 0.1) is 6.04 Å². The second-order valence-electron chi connectivity index (χ2n) is 5.29. The maximum Gasteiger partial charge on any atom is 0.277 e. The van der Waals surface area contributed by atoms with Crippen LogP contribution in [0.4, 0.5) is 0 Å². The lowest BCUT2D eigenvalue weighted by Gasteiger charge is -2.19. The molecule has 1 atom stereocenters. The molecular weight excluding hydrogens is 286 g/mol. The summed E-state index contributed by atoms with van der Waals surface area (Å²) in [6.45, 7) is 3.73. The summed E-state index contributed by atoms with van der Waals surface area (Å²) < 4.78 is 29.0. The zero-order valence-electron chi connectivity index (χ0n) is 12.2. The number of fused-ring (bicyclic) bond motifs is 1. The molecule has 2 aromatic rings. The summed E-state index contributed by atoms with van der Waals surface area (Å²) >= 11 is 0. The van der Waals surface area contributed by atoms with Gasteiger partial charge in [-0.3, -0.25) is 0 Å². The van der Waals surface area contributed by atoms with Crippen molar-refractivity contribution in [1.29, 1.82) is 0 Å². The van der Waals surface area contributed by atoms with E-state index in [-0.39, 0.29) is 12.6 Å². The quantitative estimate of drug-likeness (QED) is 0.759. The van der Waals surface area contributed by atoms with Crippen LogP contribution >= 0.6 is 0 Å². The van der Waals surface area contributed by atoms with Crippen LogP contribution in [0, 0.1) is 0 Å². The molecule has 6 heteroatoms. The van der Waals surface area contributed by atoms with Crippen LogP contribution in [0.15, 0.2) is 42.5 Å². The van der Waals surface area contributed by atoms with Crippen molar-refractivity contribution in [2.75, 3.05) is 6.54 Å². The molecular formula is C15H21N3O2S. The van der Waals surface area contributed by atoms with Crippen LogP contribution in [0.5, 0.6) is 0 Å². The fourth-order valence-electron chi connectivity index (χ4n) is 2.21. The highest BCUT2D eigenvalue weighted by atomic mass is 32.2. The molecule has 0 aromatic heterocycles. The number of nitrogens with two attached hydrogens (primary N) is 1. The van der Waals surface area contributed by atoms with E-state index in [2.05, 4.69) is 9.44 Å². The lowest BCUT2D eigenvalue weighted by atomic mass is 10.0. The summed E-state index contributed by atoms with van der Waals surface area (Å²) in [5, 5.41) is 2.17. The summed E-state index contributed by atoms with van der Waals surface area (Å²) in [4.78, 5) is 0. The van der Waals surface area contributed by atoms with Crippen LogP contribution in [-0.4, -0.2) is 21.0 Å². The Bertz CT molecular complexity index is 714. The van der Waals surface area contributed by atoms with E-state index < -0.39 is 16.3 Å². The Balaban J connectivity index is 2.27. The largest absolute Gasteiger partial charge is 0.329 e. The van der Waals surface area contributed by atoms with E-state index in [0.717, 1.165) is 16.3 Å². The van der Waals surface area contributed by atoms with Crippen molar-refractivity contribution in [3.63, 3.8) is 0 Å². The van der Waals surface area contributed by atoms with Crippen molar-refractivity contribution in [2.24, 2.45) is 5.73 Å². The first-order chi connectivity index (χ1) is 9.91. The number of hydrogen-bond acceptors (Lipinski definition) is 3. The van der Waals surface area contributed by atoms with Gasteiger partial charge in [-0.25, -0.2) is 0 Å². The van der Waals surface area contributed by atoms with Crippen LogP contribution < -0.4 is 15.2 Å². The van der Waals surface area contributed by atoms with Crippen molar-refractivity contribution in [3.8, 4) is 0 Å². The third-order valence-electron chi connectivity index (χ3n) is 3.10. The zero-order valence-corrected chi connectivity index (χ0v) is 13.0. The van der Waals surface area contributed by atoms with E-state index in [0.29, 0.717) is 0 Å². The fourth-order valence-corrected chi connectivity index (χ4v) is 3.50. The SMILES string of the molecule is CC(C)NS(=O)(=O)NC(CN)c1ccc2ccccc2c1. The monoisotopic (exact) mass is 307 g/mol. The van der Waals surface area contributed by atoms with Gasteiger partial charge in [0.1, 0.15) is 0 Å². The summed E-state index contributed by atoms with van der Waals surface area (Å²) in [7, 11) is -3.57. The minimum absolute atomic E-state index is 0.169. The molecule has 0 heterocycles. The Hall–Kier alpha value is -1.47. The van der Waals surface area contributed by atoms with Crippen LogP contribution in [0.2, 0.25) is 0 Å². The average molecular weight is 307 g/mol. The molecule has 0 aliphatic carbocycles. The van der Waals surface area contributed by atoms with E-state index in [4.69, 9.17) is 5.73 Å². The third kappa shape index (κ3) is 4.25. The number of benzene rings is 2. The van der Waals surface area contributed by atoms with Crippen molar-refractivity contribution in [3.05, 3.63) is 48.0 Å². The van der Waals surface area contributed by atoms with Gasteiger partial charge in [-0.1, -0.05) is 36.4 Å². The van der Waals surface area contributed by atoms with Gasteiger partial charge in [0.25, 0.3) is 10.2 Å². The van der Waals surface area contributed by atoms with E-state index in [9.17, 15) is 8.42 Å². The highest BCUT2D eigenvalue weighted by Gasteiger charge is 2.19. The van der Waals surface area contributed by atoms with E-state index in [1.807, 2.05) is 42.5 Å². The number of nitrogens with one attached hydrogen (secondary N) is 2. The summed E-state index contributed by atoms with van der Waals surface area (Å²) in [5.41, 5.74) is 6.58. The van der Waals surface area contributed by atoms with Crippen LogP contribution in [-0.2, 0) is 10.2 Å². The van der Waals surface area contributed by atoms with Crippen molar-refractivity contribution in [1.82, 2.24) is 9.44 Å². The van der Waals surface area contributed by atoms with Gasteiger partial charge in [0.15, 0.2) is 0 Å². The van der Waals surface area contributed by atoms with Gasteiger partial charge in [-0.2, -0.15) is 17.9 Å². The highest BCUT2D eigenvalue weighted by molar-refractivity contribution is 7.87. The van der Waals surface area contributed by atoms with Crippen LogP contribution in [0.3, 0.4) is 0 Å².